The highest BCUT2D eigenvalue weighted by atomic mass is 35.5. The van der Waals surface area contributed by atoms with Crippen LogP contribution in [0.3, 0.4) is 0 Å². The molecule has 0 aromatic heterocycles. The molecule has 3 rings (SSSR count). The molecule has 0 unspecified atom stereocenters. The number of halogens is 2. The number of amides is 1. The molecule has 0 aliphatic heterocycles. The van der Waals surface area contributed by atoms with Crippen molar-refractivity contribution in [3.05, 3.63) is 87.4 Å². The van der Waals surface area contributed by atoms with Crippen LogP contribution in [0.5, 0.6) is 5.75 Å². The molecule has 3 aromatic rings. The average Bonchev–Trinajstić information content (AvgIpc) is 2.76. The summed E-state index contributed by atoms with van der Waals surface area (Å²) >= 11 is 11.8. The van der Waals surface area contributed by atoms with E-state index in [0.29, 0.717) is 11.3 Å². The lowest BCUT2D eigenvalue weighted by Crippen LogP contribution is -2.40. The minimum Gasteiger partial charge on any atom is -0.506 e. The molecular formula is C23H21Cl2N3O4S. The van der Waals surface area contributed by atoms with Gasteiger partial charge in [0, 0.05) is 10.6 Å². The number of aromatic hydroxyl groups is 1. The number of phenolic OH excluding ortho intramolecular Hbond substituents is 1. The Morgan fingerprint density at radius 2 is 1.79 bits per heavy atom. The maximum atomic E-state index is 13.4. The molecule has 172 valence electrons. The first-order valence-corrected chi connectivity index (χ1v) is 11.9. The summed E-state index contributed by atoms with van der Waals surface area (Å²) in [6.07, 6.45) is 1.16. The van der Waals surface area contributed by atoms with Crippen molar-refractivity contribution in [1.82, 2.24) is 5.43 Å². The van der Waals surface area contributed by atoms with Crippen molar-refractivity contribution in [1.29, 1.82) is 0 Å². The van der Waals surface area contributed by atoms with E-state index in [4.69, 9.17) is 23.2 Å². The first-order chi connectivity index (χ1) is 15.6. The fourth-order valence-electron chi connectivity index (χ4n) is 3.13. The maximum absolute atomic E-state index is 13.4. The summed E-state index contributed by atoms with van der Waals surface area (Å²) in [5.41, 5.74) is 4.51. The zero-order valence-corrected chi connectivity index (χ0v) is 20.1. The lowest BCUT2D eigenvalue weighted by molar-refractivity contribution is -0.119. The van der Waals surface area contributed by atoms with E-state index in [2.05, 4.69) is 10.5 Å². The van der Waals surface area contributed by atoms with E-state index in [9.17, 15) is 18.3 Å². The third-order valence-electron chi connectivity index (χ3n) is 4.69. The molecule has 0 bridgehead atoms. The summed E-state index contributed by atoms with van der Waals surface area (Å²) in [5, 5.41) is 14.1. The summed E-state index contributed by atoms with van der Waals surface area (Å²) in [6.45, 7) is 3.16. The van der Waals surface area contributed by atoms with Gasteiger partial charge in [0.1, 0.15) is 12.3 Å². The zero-order valence-electron chi connectivity index (χ0n) is 17.8. The Kier molecular flexibility index (Phi) is 7.63. The number of carbonyl (C=O) groups excluding carboxylic acids is 1. The summed E-state index contributed by atoms with van der Waals surface area (Å²) in [7, 11) is -4.03. The SMILES string of the molecule is Cc1ccc(N(CC(=O)NN=Cc2cc(Cl)cc(Cl)c2O)S(=O)(=O)c2ccccc2)c(C)c1. The van der Waals surface area contributed by atoms with Gasteiger partial charge in [0.15, 0.2) is 0 Å². The molecule has 1 amide bonds. The van der Waals surface area contributed by atoms with Crippen LogP contribution in [0, 0.1) is 13.8 Å². The lowest BCUT2D eigenvalue weighted by Gasteiger charge is -2.25. The van der Waals surface area contributed by atoms with E-state index in [-0.39, 0.29) is 26.3 Å². The van der Waals surface area contributed by atoms with Crippen LogP contribution in [0.2, 0.25) is 10.0 Å². The van der Waals surface area contributed by atoms with Crippen LogP contribution < -0.4 is 9.73 Å². The lowest BCUT2D eigenvalue weighted by atomic mass is 10.1. The van der Waals surface area contributed by atoms with E-state index in [1.807, 2.05) is 13.0 Å². The van der Waals surface area contributed by atoms with Gasteiger partial charge < -0.3 is 5.11 Å². The number of benzene rings is 3. The van der Waals surface area contributed by atoms with Gasteiger partial charge in [-0.05, 0) is 49.7 Å². The van der Waals surface area contributed by atoms with Crippen LogP contribution in [-0.2, 0) is 14.8 Å². The van der Waals surface area contributed by atoms with E-state index in [1.165, 1.54) is 24.3 Å². The summed E-state index contributed by atoms with van der Waals surface area (Å²) < 4.78 is 27.8. The standard InChI is InChI=1S/C23H21Cl2N3O4S/c1-15-8-9-21(16(2)10-15)28(33(31,32)19-6-4-3-5-7-19)14-22(29)27-26-13-17-11-18(24)12-20(25)23(17)30/h3-13,30H,14H2,1-2H3,(H,27,29). The number of hydrogen-bond acceptors (Lipinski definition) is 5. The van der Waals surface area contributed by atoms with E-state index in [1.54, 1.807) is 37.3 Å². The van der Waals surface area contributed by atoms with Crippen molar-refractivity contribution >= 4 is 51.0 Å². The molecule has 7 nitrogen and oxygen atoms in total. The minimum atomic E-state index is -4.03. The van der Waals surface area contributed by atoms with Gasteiger partial charge in [0.25, 0.3) is 15.9 Å². The smallest absolute Gasteiger partial charge is 0.264 e. The number of nitrogens with one attached hydrogen (secondary N) is 1. The number of aryl methyl sites for hydroxylation is 2. The molecule has 2 N–H and O–H groups in total. The van der Waals surface area contributed by atoms with Gasteiger partial charge in [-0.1, -0.05) is 59.1 Å². The maximum Gasteiger partial charge on any atom is 0.264 e. The van der Waals surface area contributed by atoms with Gasteiger partial charge in [0.2, 0.25) is 0 Å². The van der Waals surface area contributed by atoms with Gasteiger partial charge in [-0.2, -0.15) is 5.10 Å². The highest BCUT2D eigenvalue weighted by molar-refractivity contribution is 7.92. The Bertz CT molecular complexity index is 1310. The highest BCUT2D eigenvalue weighted by Gasteiger charge is 2.28. The number of carbonyl (C=O) groups is 1. The Hall–Kier alpha value is -3.07. The molecule has 3 aromatic carbocycles. The van der Waals surface area contributed by atoms with Crippen molar-refractivity contribution < 1.29 is 18.3 Å². The Morgan fingerprint density at radius 3 is 2.45 bits per heavy atom. The predicted octanol–water partition coefficient (Wildman–Crippen LogP) is 4.66. The minimum absolute atomic E-state index is 0.0326. The summed E-state index contributed by atoms with van der Waals surface area (Å²) in [6, 6.07) is 15.9. The molecule has 0 heterocycles. The van der Waals surface area contributed by atoms with Crippen molar-refractivity contribution in [2.45, 2.75) is 18.7 Å². The molecule has 0 aliphatic rings. The van der Waals surface area contributed by atoms with Crippen LogP contribution in [0.1, 0.15) is 16.7 Å². The quantitative estimate of drug-likeness (QED) is 0.360. The van der Waals surface area contributed by atoms with E-state index in [0.717, 1.165) is 16.1 Å². The summed E-state index contributed by atoms with van der Waals surface area (Å²) in [4.78, 5) is 12.7. The topological polar surface area (TPSA) is 99.1 Å². The molecule has 0 spiro atoms. The zero-order chi connectivity index (χ0) is 24.2. The summed E-state index contributed by atoms with van der Waals surface area (Å²) in [5.74, 6) is -0.930. The Morgan fingerprint density at radius 1 is 1.09 bits per heavy atom. The van der Waals surface area contributed by atoms with Crippen molar-refractivity contribution in [3.8, 4) is 5.75 Å². The second kappa shape index (κ2) is 10.2. The Labute approximate surface area is 202 Å². The van der Waals surface area contributed by atoms with Crippen LogP contribution in [0.25, 0.3) is 0 Å². The third kappa shape index (κ3) is 5.84. The number of rotatable bonds is 7. The monoisotopic (exact) mass is 505 g/mol. The molecule has 0 atom stereocenters. The van der Waals surface area contributed by atoms with Gasteiger partial charge in [-0.3, -0.25) is 9.10 Å². The van der Waals surface area contributed by atoms with E-state index >= 15 is 0 Å². The Balaban J connectivity index is 1.88. The van der Waals surface area contributed by atoms with Gasteiger partial charge in [-0.25, -0.2) is 13.8 Å². The van der Waals surface area contributed by atoms with E-state index < -0.39 is 22.5 Å². The molecule has 0 saturated carbocycles. The van der Waals surface area contributed by atoms with Gasteiger partial charge in [-0.15, -0.1) is 0 Å². The molecule has 10 heteroatoms. The van der Waals surface area contributed by atoms with Crippen molar-refractivity contribution in [2.24, 2.45) is 5.10 Å². The molecule has 0 fully saturated rings. The number of hydrogen-bond donors (Lipinski definition) is 2. The van der Waals surface area contributed by atoms with Crippen molar-refractivity contribution in [2.75, 3.05) is 10.8 Å². The van der Waals surface area contributed by atoms with Gasteiger partial charge >= 0.3 is 0 Å². The fraction of sp³-hybridized carbons (Fsp3) is 0.130. The van der Waals surface area contributed by atoms with Crippen molar-refractivity contribution in [3.63, 3.8) is 0 Å². The normalized spacial score (nSPS) is 11.5. The van der Waals surface area contributed by atoms with Crippen LogP contribution in [-0.4, -0.2) is 32.2 Å². The number of anilines is 1. The second-order valence-electron chi connectivity index (χ2n) is 7.23. The van der Waals surface area contributed by atoms with Crippen LogP contribution in [0.4, 0.5) is 5.69 Å². The fourth-order valence-corrected chi connectivity index (χ4v) is 5.14. The van der Waals surface area contributed by atoms with Crippen LogP contribution >= 0.6 is 23.2 Å². The number of nitrogens with zero attached hydrogens (tertiary/aromatic N) is 2. The van der Waals surface area contributed by atoms with Crippen LogP contribution in [0.15, 0.2) is 70.7 Å². The molecule has 0 radical (unpaired) electrons. The average molecular weight is 506 g/mol. The third-order valence-corrected chi connectivity index (χ3v) is 6.97. The molecule has 33 heavy (non-hydrogen) atoms. The number of phenols is 1. The number of hydrazone groups is 1. The second-order valence-corrected chi connectivity index (χ2v) is 9.94. The number of sulfonamides is 1. The largest absolute Gasteiger partial charge is 0.506 e. The highest BCUT2D eigenvalue weighted by Crippen LogP contribution is 2.30. The van der Waals surface area contributed by atoms with Gasteiger partial charge in [0.05, 0.1) is 21.8 Å². The first kappa shape index (κ1) is 24.6. The predicted molar refractivity (Wildman–Crippen MR) is 131 cm³/mol. The molecule has 0 aliphatic carbocycles. The first-order valence-electron chi connectivity index (χ1n) is 9.74. The molecular weight excluding hydrogens is 485 g/mol. The molecule has 0 saturated heterocycles.